The van der Waals surface area contributed by atoms with Gasteiger partial charge in [0.1, 0.15) is 0 Å². The molecule has 142 valence electrons. The van der Waals surface area contributed by atoms with Crippen LogP contribution in [0.3, 0.4) is 0 Å². The molecule has 2 aliphatic heterocycles. The van der Waals surface area contributed by atoms with Crippen molar-refractivity contribution in [1.82, 2.24) is 15.1 Å². The lowest BCUT2D eigenvalue weighted by Gasteiger charge is -2.38. The Morgan fingerprint density at radius 1 is 1.27 bits per heavy atom. The maximum atomic E-state index is 4.63. The number of rotatable bonds is 4. The first-order valence-corrected chi connectivity index (χ1v) is 11.1. The maximum Gasteiger partial charge on any atom is 0.193 e. The number of likely N-dealkylation sites (tertiary alicyclic amines) is 1. The molecule has 3 aliphatic rings. The van der Waals surface area contributed by atoms with Crippen molar-refractivity contribution in [2.75, 3.05) is 39.8 Å². The molecule has 1 N–H and O–H groups in total. The van der Waals surface area contributed by atoms with Gasteiger partial charge in [-0.1, -0.05) is 37.5 Å². The Kier molecular flexibility index (Phi) is 5.65. The second kappa shape index (κ2) is 8.13. The Hall–Kier alpha value is -1.33. The number of hydrogen-bond donors (Lipinski definition) is 1. The lowest BCUT2D eigenvalue weighted by Crippen LogP contribution is -2.48. The predicted octanol–water partition coefficient (Wildman–Crippen LogP) is 3.47. The Balaban J connectivity index is 1.39. The SMILES string of the molecule is CN=C(NCC1(c2cccs2)CCCCC1)N1CCC(N2CC=CC2)C1. The minimum absolute atomic E-state index is 0.306. The summed E-state index contributed by atoms with van der Waals surface area (Å²) in [7, 11) is 1.94. The lowest BCUT2D eigenvalue weighted by atomic mass is 9.73. The summed E-state index contributed by atoms with van der Waals surface area (Å²) < 4.78 is 0. The highest BCUT2D eigenvalue weighted by Gasteiger charge is 2.36. The van der Waals surface area contributed by atoms with Gasteiger partial charge in [0.25, 0.3) is 0 Å². The Labute approximate surface area is 162 Å². The minimum atomic E-state index is 0.306. The van der Waals surface area contributed by atoms with Crippen molar-refractivity contribution in [2.24, 2.45) is 4.99 Å². The molecule has 1 unspecified atom stereocenters. The molecule has 3 heterocycles. The fourth-order valence-corrected chi connectivity index (χ4v) is 5.91. The normalized spacial score (nSPS) is 26.6. The van der Waals surface area contributed by atoms with E-state index in [4.69, 9.17) is 0 Å². The van der Waals surface area contributed by atoms with Crippen molar-refractivity contribution in [2.45, 2.75) is 50.0 Å². The number of aliphatic imine (C=N–C) groups is 1. The second-order valence-electron chi connectivity index (χ2n) is 8.03. The first-order chi connectivity index (χ1) is 12.8. The average Bonchev–Trinajstić information content (AvgIpc) is 3.44. The summed E-state index contributed by atoms with van der Waals surface area (Å²) in [6, 6.07) is 5.22. The molecule has 1 saturated heterocycles. The summed E-state index contributed by atoms with van der Waals surface area (Å²) in [4.78, 5) is 11.2. The highest BCUT2D eigenvalue weighted by Crippen LogP contribution is 2.41. The maximum absolute atomic E-state index is 4.63. The zero-order valence-electron chi connectivity index (χ0n) is 16.0. The molecular weight excluding hydrogens is 340 g/mol. The smallest absolute Gasteiger partial charge is 0.193 e. The van der Waals surface area contributed by atoms with E-state index in [-0.39, 0.29) is 0 Å². The van der Waals surface area contributed by atoms with Crippen LogP contribution < -0.4 is 5.32 Å². The molecule has 0 bridgehead atoms. The summed E-state index contributed by atoms with van der Waals surface area (Å²) in [5.41, 5.74) is 0.306. The number of hydrogen-bond acceptors (Lipinski definition) is 3. The van der Waals surface area contributed by atoms with Gasteiger partial charge in [0.2, 0.25) is 0 Å². The summed E-state index contributed by atoms with van der Waals surface area (Å²) in [5.74, 6) is 1.10. The van der Waals surface area contributed by atoms with Crippen LogP contribution in [0.4, 0.5) is 0 Å². The topological polar surface area (TPSA) is 30.9 Å². The van der Waals surface area contributed by atoms with Gasteiger partial charge in [-0.15, -0.1) is 11.3 Å². The molecule has 1 aromatic heterocycles. The summed E-state index contributed by atoms with van der Waals surface area (Å²) in [6.45, 7) is 5.48. The molecule has 4 rings (SSSR count). The van der Waals surface area contributed by atoms with Crippen LogP contribution in [0.1, 0.15) is 43.4 Å². The molecule has 0 amide bonds. The Bertz CT molecular complexity index is 622. The lowest BCUT2D eigenvalue weighted by molar-refractivity contribution is 0.258. The van der Waals surface area contributed by atoms with Crippen LogP contribution in [0.5, 0.6) is 0 Å². The van der Waals surface area contributed by atoms with Crippen molar-refractivity contribution < 1.29 is 0 Å². The van der Waals surface area contributed by atoms with Crippen LogP contribution in [-0.2, 0) is 5.41 Å². The van der Waals surface area contributed by atoms with Crippen molar-refractivity contribution in [3.8, 4) is 0 Å². The zero-order chi connectivity index (χ0) is 17.8. The van der Waals surface area contributed by atoms with Crippen LogP contribution in [0.15, 0.2) is 34.7 Å². The largest absolute Gasteiger partial charge is 0.355 e. The molecular formula is C21H32N4S. The first kappa shape index (κ1) is 18.1. The standard InChI is InChI=1S/C21H32N4S/c1-22-20(25-14-9-18(16-25)24-12-5-6-13-24)23-17-21(10-3-2-4-11-21)19-8-7-15-26-19/h5-8,15,18H,2-4,9-14,16-17H2,1H3,(H,22,23). The zero-order valence-corrected chi connectivity index (χ0v) is 16.8. The van der Waals surface area contributed by atoms with Gasteiger partial charge in [0.05, 0.1) is 0 Å². The summed E-state index contributed by atoms with van der Waals surface area (Å²) >= 11 is 1.93. The predicted molar refractivity (Wildman–Crippen MR) is 111 cm³/mol. The van der Waals surface area contributed by atoms with E-state index >= 15 is 0 Å². The van der Waals surface area contributed by atoms with Gasteiger partial charge >= 0.3 is 0 Å². The summed E-state index contributed by atoms with van der Waals surface area (Å²) in [6.07, 6.45) is 12.5. The van der Waals surface area contributed by atoms with Crippen molar-refractivity contribution >= 4 is 17.3 Å². The van der Waals surface area contributed by atoms with E-state index in [0.717, 1.165) is 38.7 Å². The van der Waals surface area contributed by atoms with Crippen LogP contribution in [0, 0.1) is 0 Å². The van der Waals surface area contributed by atoms with Gasteiger partial charge in [-0.2, -0.15) is 0 Å². The first-order valence-electron chi connectivity index (χ1n) is 10.2. The molecule has 0 radical (unpaired) electrons. The molecule has 5 heteroatoms. The molecule has 1 saturated carbocycles. The van der Waals surface area contributed by atoms with Gasteiger partial charge in [-0.05, 0) is 30.7 Å². The van der Waals surface area contributed by atoms with E-state index < -0.39 is 0 Å². The van der Waals surface area contributed by atoms with Gasteiger partial charge in [0, 0.05) is 56.1 Å². The number of nitrogens with zero attached hydrogens (tertiary/aromatic N) is 3. The monoisotopic (exact) mass is 372 g/mol. The van der Waals surface area contributed by atoms with Crippen molar-refractivity contribution in [3.05, 3.63) is 34.5 Å². The molecule has 0 spiro atoms. The van der Waals surface area contributed by atoms with Crippen LogP contribution in [0.25, 0.3) is 0 Å². The van der Waals surface area contributed by atoms with E-state index in [2.05, 4.69) is 49.8 Å². The van der Waals surface area contributed by atoms with Gasteiger partial charge in [-0.25, -0.2) is 0 Å². The molecule has 2 fully saturated rings. The van der Waals surface area contributed by atoms with E-state index in [9.17, 15) is 0 Å². The second-order valence-corrected chi connectivity index (χ2v) is 8.98. The number of guanidine groups is 1. The fourth-order valence-electron chi connectivity index (χ4n) is 4.92. The van der Waals surface area contributed by atoms with Crippen molar-refractivity contribution in [1.29, 1.82) is 0 Å². The quantitative estimate of drug-likeness (QED) is 0.499. The molecule has 1 atom stereocenters. The Morgan fingerprint density at radius 3 is 2.77 bits per heavy atom. The van der Waals surface area contributed by atoms with E-state index in [1.54, 1.807) is 4.88 Å². The average molecular weight is 373 g/mol. The van der Waals surface area contributed by atoms with Gasteiger partial charge in [0.15, 0.2) is 5.96 Å². The van der Waals surface area contributed by atoms with E-state index in [1.165, 1.54) is 38.5 Å². The van der Waals surface area contributed by atoms with Crippen LogP contribution >= 0.6 is 11.3 Å². The third-order valence-electron chi connectivity index (χ3n) is 6.48. The van der Waals surface area contributed by atoms with Crippen molar-refractivity contribution in [3.63, 3.8) is 0 Å². The molecule has 26 heavy (non-hydrogen) atoms. The van der Waals surface area contributed by atoms with Gasteiger partial charge in [-0.3, -0.25) is 9.89 Å². The minimum Gasteiger partial charge on any atom is -0.355 e. The third kappa shape index (κ3) is 3.70. The van der Waals surface area contributed by atoms with Crippen LogP contribution in [-0.4, -0.2) is 61.6 Å². The molecule has 0 aromatic carbocycles. The summed E-state index contributed by atoms with van der Waals surface area (Å²) in [5, 5.41) is 6.00. The molecule has 1 aromatic rings. The van der Waals surface area contributed by atoms with Crippen LogP contribution in [0.2, 0.25) is 0 Å². The van der Waals surface area contributed by atoms with E-state index in [1.807, 2.05) is 18.4 Å². The Morgan fingerprint density at radius 2 is 2.08 bits per heavy atom. The highest BCUT2D eigenvalue weighted by molar-refractivity contribution is 7.10. The number of thiophene rings is 1. The molecule has 4 nitrogen and oxygen atoms in total. The van der Waals surface area contributed by atoms with E-state index in [0.29, 0.717) is 11.5 Å². The molecule has 1 aliphatic carbocycles. The highest BCUT2D eigenvalue weighted by atomic mass is 32.1. The fraction of sp³-hybridized carbons (Fsp3) is 0.667. The number of nitrogens with one attached hydrogen (secondary N) is 1. The van der Waals surface area contributed by atoms with Gasteiger partial charge < -0.3 is 10.2 Å². The third-order valence-corrected chi connectivity index (χ3v) is 7.59.